The highest BCUT2D eigenvalue weighted by atomic mass is 35.5. The fourth-order valence-electron chi connectivity index (χ4n) is 2.07. The van der Waals surface area contributed by atoms with Crippen LogP contribution in [0.1, 0.15) is 33.3 Å². The summed E-state index contributed by atoms with van der Waals surface area (Å²) in [6.07, 6.45) is -0.454. The molecule has 0 bridgehead atoms. The minimum Gasteiger partial charge on any atom is -0.449 e. The smallest absolute Gasteiger partial charge is 0.339 e. The lowest BCUT2D eigenvalue weighted by molar-refractivity contribution is 0.0455. The van der Waals surface area contributed by atoms with Crippen LogP contribution >= 0.6 is 11.6 Å². The fourth-order valence-corrected chi connectivity index (χ4v) is 2.36. The number of carbonyl (C=O) groups excluding carboxylic acids is 1. The Morgan fingerprint density at radius 1 is 1.41 bits per heavy atom. The molecule has 0 spiro atoms. The number of aryl methyl sites for hydroxylation is 1. The monoisotopic (exact) mass is 248 g/mol. The number of nitrogens with zero attached hydrogens (tertiary/aromatic N) is 1. The Morgan fingerprint density at radius 3 is 2.88 bits per heavy atom. The highest BCUT2D eigenvalue weighted by Crippen LogP contribution is 2.39. The first-order chi connectivity index (χ1) is 8.18. The maximum Gasteiger partial charge on any atom is 0.339 e. The van der Waals surface area contributed by atoms with E-state index in [9.17, 15) is 4.79 Å². The fraction of sp³-hybridized carbons (Fsp3) is 0.167. The van der Waals surface area contributed by atoms with E-state index >= 15 is 0 Å². The first-order valence-corrected chi connectivity index (χ1v) is 5.56. The summed E-state index contributed by atoms with van der Waals surface area (Å²) in [7, 11) is 0. The molecule has 1 aromatic heterocycles. The molecule has 0 radical (unpaired) electrons. The normalized spacial score (nSPS) is 18.0. The predicted octanol–water partition coefficient (Wildman–Crippen LogP) is 2.63. The van der Waals surface area contributed by atoms with Gasteiger partial charge in [-0.1, -0.05) is 29.8 Å². The highest BCUT2D eigenvalue weighted by Gasteiger charge is 2.34. The molecule has 2 aromatic rings. The zero-order valence-electron chi connectivity index (χ0n) is 9.03. The number of carbonyl (C=O) groups is 1. The van der Waals surface area contributed by atoms with Crippen LogP contribution in [-0.4, -0.2) is 16.2 Å². The first-order valence-electron chi connectivity index (χ1n) is 5.18. The summed E-state index contributed by atoms with van der Waals surface area (Å²) in [5.74, 6) is -0.317. The highest BCUT2D eigenvalue weighted by molar-refractivity contribution is 6.30. The lowest BCUT2D eigenvalue weighted by Crippen LogP contribution is -2.01. The average molecular weight is 249 g/mol. The van der Waals surface area contributed by atoms with Gasteiger partial charge < -0.3 is 4.74 Å². The third kappa shape index (κ3) is 1.45. The van der Waals surface area contributed by atoms with Gasteiger partial charge in [-0.3, -0.25) is 5.10 Å². The van der Waals surface area contributed by atoms with E-state index < -0.39 is 6.10 Å². The number of ether oxygens (including phenoxy) is 1. The van der Waals surface area contributed by atoms with Crippen molar-refractivity contribution in [1.82, 2.24) is 10.2 Å². The topological polar surface area (TPSA) is 55.0 Å². The van der Waals surface area contributed by atoms with Gasteiger partial charge in [-0.2, -0.15) is 5.10 Å². The molecule has 0 saturated heterocycles. The lowest BCUT2D eigenvalue weighted by Gasteiger charge is -2.10. The minimum atomic E-state index is -0.454. The number of nitrogens with one attached hydrogen (secondary N) is 1. The van der Waals surface area contributed by atoms with Crippen molar-refractivity contribution in [2.24, 2.45) is 0 Å². The number of esters is 1. The number of fused-ring (bicyclic) bond motifs is 1. The summed E-state index contributed by atoms with van der Waals surface area (Å²) < 4.78 is 5.35. The molecule has 5 heteroatoms. The number of rotatable bonds is 1. The van der Waals surface area contributed by atoms with Gasteiger partial charge in [-0.15, -0.1) is 0 Å². The van der Waals surface area contributed by atoms with Crippen LogP contribution in [0.4, 0.5) is 0 Å². The molecule has 0 amide bonds. The van der Waals surface area contributed by atoms with Gasteiger partial charge in [-0.25, -0.2) is 4.79 Å². The molecule has 0 aliphatic carbocycles. The molecule has 1 aliphatic rings. The largest absolute Gasteiger partial charge is 0.449 e. The van der Waals surface area contributed by atoms with Crippen molar-refractivity contribution in [1.29, 1.82) is 0 Å². The van der Waals surface area contributed by atoms with Gasteiger partial charge in [0.2, 0.25) is 0 Å². The zero-order valence-corrected chi connectivity index (χ0v) is 9.78. The number of benzene rings is 1. The molecule has 1 N–H and O–H groups in total. The Bertz CT molecular complexity index is 587. The van der Waals surface area contributed by atoms with Crippen LogP contribution in [0.5, 0.6) is 0 Å². The van der Waals surface area contributed by atoms with Crippen LogP contribution < -0.4 is 0 Å². The molecule has 1 unspecified atom stereocenters. The molecule has 17 heavy (non-hydrogen) atoms. The molecule has 1 aliphatic heterocycles. The SMILES string of the molecule is Cc1[nH]nc(Cl)c1C1OC(=O)c2ccccc21. The van der Waals surface area contributed by atoms with Crippen LogP contribution in [0.2, 0.25) is 5.15 Å². The summed E-state index contributed by atoms with van der Waals surface area (Å²) >= 11 is 6.01. The second kappa shape index (κ2) is 3.60. The molecule has 1 aromatic carbocycles. The Kier molecular flexibility index (Phi) is 2.19. The van der Waals surface area contributed by atoms with E-state index in [2.05, 4.69) is 10.2 Å². The number of cyclic esters (lactones) is 1. The standard InChI is InChI=1S/C12H9ClN2O2/c1-6-9(11(13)15-14-6)10-7-4-2-3-5-8(7)12(16)17-10/h2-5,10H,1H3,(H,14,15). The summed E-state index contributed by atoms with van der Waals surface area (Å²) in [6.45, 7) is 1.85. The van der Waals surface area contributed by atoms with E-state index in [1.807, 2.05) is 25.1 Å². The van der Waals surface area contributed by atoms with Crippen molar-refractivity contribution in [2.75, 3.05) is 0 Å². The van der Waals surface area contributed by atoms with E-state index in [-0.39, 0.29) is 5.97 Å². The van der Waals surface area contributed by atoms with Crippen LogP contribution in [-0.2, 0) is 4.74 Å². The number of hydrogen-bond acceptors (Lipinski definition) is 3. The molecular weight excluding hydrogens is 240 g/mol. The van der Waals surface area contributed by atoms with Gasteiger partial charge in [-0.05, 0) is 13.0 Å². The van der Waals surface area contributed by atoms with Crippen molar-refractivity contribution in [3.05, 3.63) is 51.8 Å². The zero-order chi connectivity index (χ0) is 12.0. The lowest BCUT2D eigenvalue weighted by atomic mass is 10.00. The first kappa shape index (κ1) is 10.4. The van der Waals surface area contributed by atoms with E-state index in [0.717, 1.165) is 16.8 Å². The molecule has 0 saturated carbocycles. The van der Waals surface area contributed by atoms with Gasteiger partial charge in [0.1, 0.15) is 0 Å². The van der Waals surface area contributed by atoms with Gasteiger partial charge in [0, 0.05) is 11.3 Å². The van der Waals surface area contributed by atoms with Crippen molar-refractivity contribution in [2.45, 2.75) is 13.0 Å². The van der Waals surface area contributed by atoms with Crippen molar-refractivity contribution < 1.29 is 9.53 Å². The number of aromatic nitrogens is 2. The minimum absolute atomic E-state index is 0.317. The molecule has 4 nitrogen and oxygen atoms in total. The second-order valence-corrected chi connectivity index (χ2v) is 4.28. The van der Waals surface area contributed by atoms with Crippen LogP contribution in [0.25, 0.3) is 0 Å². The third-order valence-electron chi connectivity index (χ3n) is 2.90. The van der Waals surface area contributed by atoms with Crippen molar-refractivity contribution >= 4 is 17.6 Å². The van der Waals surface area contributed by atoms with Gasteiger partial charge in [0.05, 0.1) is 11.1 Å². The van der Waals surface area contributed by atoms with Crippen LogP contribution in [0, 0.1) is 6.92 Å². The maximum absolute atomic E-state index is 11.7. The number of H-pyrrole nitrogens is 1. The second-order valence-electron chi connectivity index (χ2n) is 3.93. The van der Waals surface area contributed by atoms with Gasteiger partial charge in [0.15, 0.2) is 11.3 Å². The van der Waals surface area contributed by atoms with E-state index in [4.69, 9.17) is 16.3 Å². The molecular formula is C12H9ClN2O2. The molecule has 86 valence electrons. The Hall–Kier alpha value is -1.81. The maximum atomic E-state index is 11.7. The van der Waals surface area contributed by atoms with E-state index in [0.29, 0.717) is 10.7 Å². The number of halogens is 1. The summed E-state index contributed by atoms with van der Waals surface area (Å²) in [6, 6.07) is 7.30. The van der Waals surface area contributed by atoms with E-state index in [1.54, 1.807) is 6.07 Å². The number of aromatic amines is 1. The molecule has 0 fully saturated rings. The Labute approximate surface area is 103 Å². The van der Waals surface area contributed by atoms with Crippen LogP contribution in [0.3, 0.4) is 0 Å². The third-order valence-corrected chi connectivity index (χ3v) is 3.19. The van der Waals surface area contributed by atoms with Gasteiger partial charge >= 0.3 is 5.97 Å². The molecule has 2 heterocycles. The van der Waals surface area contributed by atoms with Gasteiger partial charge in [0.25, 0.3) is 0 Å². The summed E-state index contributed by atoms with van der Waals surface area (Å²) in [4.78, 5) is 11.7. The number of hydrogen-bond donors (Lipinski definition) is 1. The Morgan fingerprint density at radius 2 is 2.18 bits per heavy atom. The van der Waals surface area contributed by atoms with Crippen LogP contribution in [0.15, 0.2) is 24.3 Å². The average Bonchev–Trinajstić information content (AvgIpc) is 2.82. The Balaban J connectivity index is 2.17. The van der Waals surface area contributed by atoms with E-state index in [1.165, 1.54) is 0 Å². The summed E-state index contributed by atoms with van der Waals surface area (Å²) in [5, 5.41) is 7.04. The predicted molar refractivity (Wildman–Crippen MR) is 62.0 cm³/mol. The van der Waals surface area contributed by atoms with Crippen molar-refractivity contribution in [3.8, 4) is 0 Å². The summed E-state index contributed by atoms with van der Waals surface area (Å²) in [5.41, 5.74) is 2.97. The van der Waals surface area contributed by atoms with Crippen molar-refractivity contribution in [3.63, 3.8) is 0 Å². The molecule has 1 atom stereocenters. The molecule has 3 rings (SSSR count). The quantitative estimate of drug-likeness (QED) is 0.790.